The summed E-state index contributed by atoms with van der Waals surface area (Å²) in [5, 5.41) is 12.8. The average molecular weight is 374 g/mol. The van der Waals surface area contributed by atoms with Gasteiger partial charge in [-0.2, -0.15) is 0 Å². The highest BCUT2D eigenvalue weighted by Crippen LogP contribution is 2.29. The molecule has 140 valence electrons. The molecule has 4 rings (SSSR count). The number of hydrogen-bond acceptors (Lipinski definition) is 3. The Morgan fingerprint density at radius 1 is 1.04 bits per heavy atom. The Morgan fingerprint density at radius 3 is 2.50 bits per heavy atom. The molecule has 0 spiro atoms. The second-order valence-electron chi connectivity index (χ2n) is 6.51. The number of ether oxygens (including phenoxy) is 1. The van der Waals surface area contributed by atoms with Gasteiger partial charge in [-0.3, -0.25) is 0 Å². The van der Waals surface area contributed by atoms with Gasteiger partial charge >= 0.3 is 0 Å². The second kappa shape index (κ2) is 7.56. The molecule has 28 heavy (non-hydrogen) atoms. The van der Waals surface area contributed by atoms with Crippen molar-refractivity contribution in [1.82, 2.24) is 4.57 Å². The van der Waals surface area contributed by atoms with E-state index in [1.54, 1.807) is 6.07 Å². The summed E-state index contributed by atoms with van der Waals surface area (Å²) in [6, 6.07) is 22.3. The van der Waals surface area contributed by atoms with E-state index in [0.717, 1.165) is 28.2 Å². The lowest BCUT2D eigenvalue weighted by atomic mass is 10.1. The van der Waals surface area contributed by atoms with E-state index < -0.39 is 0 Å². The molecule has 1 heterocycles. The summed E-state index contributed by atoms with van der Waals surface area (Å²) in [7, 11) is 0. The summed E-state index contributed by atoms with van der Waals surface area (Å²) >= 11 is 0. The molecule has 0 aliphatic carbocycles. The number of rotatable bonds is 5. The van der Waals surface area contributed by atoms with Gasteiger partial charge < -0.3 is 14.5 Å². The van der Waals surface area contributed by atoms with E-state index in [9.17, 15) is 4.39 Å². The molecule has 0 bridgehead atoms. The minimum atomic E-state index is -0.332. The molecular formula is C23H19FN2O2. The third-order valence-corrected chi connectivity index (χ3v) is 4.74. The minimum absolute atomic E-state index is 0.332. The fourth-order valence-electron chi connectivity index (χ4n) is 3.40. The number of halogens is 1. The van der Waals surface area contributed by atoms with Gasteiger partial charge in [-0.15, -0.1) is 0 Å². The number of nitrogens with zero attached hydrogens (tertiary/aromatic N) is 2. The van der Waals surface area contributed by atoms with E-state index in [1.165, 1.54) is 18.3 Å². The zero-order chi connectivity index (χ0) is 19.5. The Labute approximate surface area is 162 Å². The van der Waals surface area contributed by atoms with E-state index in [0.29, 0.717) is 17.6 Å². The van der Waals surface area contributed by atoms with Crippen molar-refractivity contribution in [2.24, 2.45) is 5.16 Å². The van der Waals surface area contributed by atoms with Crippen molar-refractivity contribution in [2.45, 2.75) is 13.5 Å². The van der Waals surface area contributed by atoms with Crippen molar-refractivity contribution < 1.29 is 14.3 Å². The number of benzene rings is 3. The molecule has 0 aliphatic rings. The molecule has 5 heteroatoms. The van der Waals surface area contributed by atoms with Crippen LogP contribution in [0.3, 0.4) is 0 Å². The third-order valence-electron chi connectivity index (χ3n) is 4.74. The number of aromatic nitrogens is 1. The van der Waals surface area contributed by atoms with Crippen molar-refractivity contribution in [3.63, 3.8) is 0 Å². The first kappa shape index (κ1) is 17.8. The molecule has 3 aromatic carbocycles. The molecule has 1 N–H and O–H groups in total. The zero-order valence-corrected chi connectivity index (χ0v) is 15.3. The van der Waals surface area contributed by atoms with Crippen LogP contribution in [0.1, 0.15) is 16.8 Å². The molecular weight excluding hydrogens is 355 g/mol. The Kier molecular flexibility index (Phi) is 4.81. The van der Waals surface area contributed by atoms with E-state index in [-0.39, 0.29) is 5.82 Å². The lowest BCUT2D eigenvalue weighted by molar-refractivity contribution is 0.306. The molecule has 0 aliphatic heterocycles. The van der Waals surface area contributed by atoms with Crippen molar-refractivity contribution in [3.8, 4) is 11.4 Å². The smallest absolute Gasteiger partial charge is 0.123 e. The normalized spacial score (nSPS) is 11.4. The average Bonchev–Trinajstić information content (AvgIpc) is 2.99. The van der Waals surface area contributed by atoms with E-state index in [4.69, 9.17) is 9.94 Å². The van der Waals surface area contributed by atoms with Crippen LogP contribution in [-0.4, -0.2) is 16.0 Å². The maximum Gasteiger partial charge on any atom is 0.123 e. The third kappa shape index (κ3) is 3.34. The van der Waals surface area contributed by atoms with Gasteiger partial charge in [0.1, 0.15) is 18.2 Å². The van der Waals surface area contributed by atoms with Crippen LogP contribution in [0.5, 0.6) is 5.75 Å². The van der Waals surface area contributed by atoms with Gasteiger partial charge in [0.25, 0.3) is 0 Å². The van der Waals surface area contributed by atoms with Crippen LogP contribution in [-0.2, 0) is 6.61 Å². The topological polar surface area (TPSA) is 46.8 Å². The Bertz CT molecular complexity index is 1130. The molecule has 0 fully saturated rings. The standard InChI is InChI=1S/C23H19FN2O2/c1-16-22(14-25-27)21-13-18(24)7-12-23(21)26(16)19-8-10-20(11-9-19)28-15-17-5-3-2-4-6-17/h2-14,27H,15H2,1H3/b25-14+. The summed E-state index contributed by atoms with van der Waals surface area (Å²) in [5.41, 5.74) is 4.40. The summed E-state index contributed by atoms with van der Waals surface area (Å²) in [6.45, 7) is 2.41. The largest absolute Gasteiger partial charge is 0.489 e. The van der Waals surface area contributed by atoms with Crippen LogP contribution >= 0.6 is 0 Å². The molecule has 4 aromatic rings. The molecule has 0 amide bonds. The first-order valence-electron chi connectivity index (χ1n) is 8.92. The van der Waals surface area contributed by atoms with Gasteiger partial charge in [0.15, 0.2) is 0 Å². The zero-order valence-electron chi connectivity index (χ0n) is 15.3. The monoisotopic (exact) mass is 374 g/mol. The molecule has 0 radical (unpaired) electrons. The number of hydrogen-bond donors (Lipinski definition) is 1. The highest BCUT2D eigenvalue weighted by Gasteiger charge is 2.15. The van der Waals surface area contributed by atoms with Crippen LogP contribution in [0.4, 0.5) is 4.39 Å². The Hall–Kier alpha value is -3.60. The Balaban J connectivity index is 1.67. The number of oxime groups is 1. The Morgan fingerprint density at radius 2 is 1.79 bits per heavy atom. The van der Waals surface area contributed by atoms with Gasteiger partial charge in [0, 0.05) is 22.3 Å². The van der Waals surface area contributed by atoms with Crippen molar-refractivity contribution >= 4 is 17.1 Å². The molecule has 0 atom stereocenters. The van der Waals surface area contributed by atoms with Crippen molar-refractivity contribution in [3.05, 3.63) is 95.4 Å². The summed E-state index contributed by atoms with van der Waals surface area (Å²) in [4.78, 5) is 0. The predicted molar refractivity (Wildman–Crippen MR) is 108 cm³/mol. The van der Waals surface area contributed by atoms with Gasteiger partial charge in [-0.1, -0.05) is 35.5 Å². The van der Waals surface area contributed by atoms with Crippen molar-refractivity contribution in [1.29, 1.82) is 0 Å². The molecule has 0 unspecified atom stereocenters. The van der Waals surface area contributed by atoms with Crippen molar-refractivity contribution in [2.75, 3.05) is 0 Å². The van der Waals surface area contributed by atoms with Gasteiger partial charge in [0.05, 0.1) is 11.7 Å². The van der Waals surface area contributed by atoms with E-state index in [1.807, 2.05) is 66.1 Å². The SMILES string of the molecule is Cc1c(/C=N/O)c2cc(F)ccc2n1-c1ccc(OCc2ccccc2)cc1. The molecule has 0 saturated carbocycles. The second-order valence-corrected chi connectivity index (χ2v) is 6.51. The maximum atomic E-state index is 13.7. The van der Waals surface area contributed by atoms with E-state index >= 15 is 0 Å². The highest BCUT2D eigenvalue weighted by atomic mass is 19.1. The van der Waals surface area contributed by atoms with Crippen LogP contribution < -0.4 is 4.74 Å². The molecule has 1 aromatic heterocycles. The lowest BCUT2D eigenvalue weighted by Gasteiger charge is -2.11. The maximum absolute atomic E-state index is 13.7. The van der Waals surface area contributed by atoms with Gasteiger partial charge in [-0.25, -0.2) is 4.39 Å². The minimum Gasteiger partial charge on any atom is -0.489 e. The number of fused-ring (bicyclic) bond motifs is 1. The van der Waals surface area contributed by atoms with Crippen LogP contribution in [0.25, 0.3) is 16.6 Å². The van der Waals surface area contributed by atoms with Crippen LogP contribution in [0.2, 0.25) is 0 Å². The quantitative estimate of drug-likeness (QED) is 0.286. The van der Waals surface area contributed by atoms with Gasteiger partial charge in [0.2, 0.25) is 0 Å². The van der Waals surface area contributed by atoms with Gasteiger partial charge in [-0.05, 0) is 55.0 Å². The predicted octanol–water partition coefficient (Wildman–Crippen LogP) is 5.47. The highest BCUT2D eigenvalue weighted by molar-refractivity contribution is 6.01. The van der Waals surface area contributed by atoms with Crippen LogP contribution in [0.15, 0.2) is 78.0 Å². The first-order chi connectivity index (χ1) is 13.7. The summed E-state index contributed by atoms with van der Waals surface area (Å²) in [5.74, 6) is 0.437. The fraction of sp³-hybridized carbons (Fsp3) is 0.0870. The first-order valence-corrected chi connectivity index (χ1v) is 8.92. The summed E-state index contributed by atoms with van der Waals surface area (Å²) < 4.78 is 21.6. The molecule has 0 saturated heterocycles. The lowest BCUT2D eigenvalue weighted by Crippen LogP contribution is -1.99. The summed E-state index contributed by atoms with van der Waals surface area (Å²) in [6.07, 6.45) is 1.34. The fourth-order valence-corrected chi connectivity index (χ4v) is 3.40. The molecule has 4 nitrogen and oxygen atoms in total. The van der Waals surface area contributed by atoms with E-state index in [2.05, 4.69) is 5.16 Å². The van der Waals surface area contributed by atoms with Crippen LogP contribution in [0, 0.1) is 12.7 Å².